The number of carboxylic acid groups (broad SMARTS) is 1. The zero-order valence-electron chi connectivity index (χ0n) is 8.76. The van der Waals surface area contributed by atoms with Crippen LogP contribution in [0, 0.1) is 0 Å². The van der Waals surface area contributed by atoms with E-state index in [1.165, 1.54) is 0 Å². The van der Waals surface area contributed by atoms with Crippen molar-refractivity contribution in [3.05, 3.63) is 18.5 Å². The van der Waals surface area contributed by atoms with Gasteiger partial charge in [-0.25, -0.2) is 4.79 Å². The highest BCUT2D eigenvalue weighted by Crippen LogP contribution is 2.25. The lowest BCUT2D eigenvalue weighted by Crippen LogP contribution is -2.36. The van der Waals surface area contributed by atoms with E-state index < -0.39 is 6.09 Å². The maximum absolute atomic E-state index is 10.5. The predicted molar refractivity (Wildman–Crippen MR) is 60.4 cm³/mol. The summed E-state index contributed by atoms with van der Waals surface area (Å²) in [6.45, 7) is 1.46. The van der Waals surface area contributed by atoms with Crippen molar-refractivity contribution in [2.45, 2.75) is 12.5 Å². The fourth-order valence-corrected chi connectivity index (χ4v) is 1.96. The van der Waals surface area contributed by atoms with Crippen LogP contribution in [0.25, 0.3) is 0 Å². The number of aromatic nitrogens is 1. The number of nitrogens with one attached hydrogen (secondary N) is 1. The van der Waals surface area contributed by atoms with Crippen molar-refractivity contribution in [2.24, 2.45) is 0 Å². The highest BCUT2D eigenvalue weighted by atomic mass is 16.4. The molecule has 0 saturated carbocycles. The van der Waals surface area contributed by atoms with Gasteiger partial charge in [0.1, 0.15) is 0 Å². The highest BCUT2D eigenvalue weighted by molar-refractivity contribution is 5.68. The van der Waals surface area contributed by atoms with Crippen molar-refractivity contribution in [2.75, 3.05) is 23.7 Å². The molecule has 0 aromatic carbocycles. The SMILES string of the molecule is Nc1cnccc1N1CC[C@@H](NC(=O)O)C1. The molecule has 0 spiro atoms. The Morgan fingerprint density at radius 3 is 3.19 bits per heavy atom. The van der Waals surface area contributed by atoms with E-state index in [1.54, 1.807) is 12.4 Å². The number of hydrogen-bond donors (Lipinski definition) is 3. The molecule has 1 saturated heterocycles. The molecule has 0 radical (unpaired) electrons. The first kappa shape index (κ1) is 10.5. The Morgan fingerprint density at radius 2 is 2.50 bits per heavy atom. The van der Waals surface area contributed by atoms with Crippen LogP contribution in [0.2, 0.25) is 0 Å². The summed E-state index contributed by atoms with van der Waals surface area (Å²) in [6, 6.07) is 1.82. The van der Waals surface area contributed by atoms with Crippen LogP contribution in [0.3, 0.4) is 0 Å². The standard InChI is InChI=1S/C10H14N4O2/c11-8-5-12-3-1-9(8)14-4-2-7(6-14)13-10(15)16/h1,3,5,7,13H,2,4,6,11H2,(H,15,16)/t7-/m1/s1. The average Bonchev–Trinajstić information content (AvgIpc) is 2.66. The average molecular weight is 222 g/mol. The van der Waals surface area contributed by atoms with Crippen molar-refractivity contribution >= 4 is 17.5 Å². The third-order valence-electron chi connectivity index (χ3n) is 2.68. The fraction of sp³-hybridized carbons (Fsp3) is 0.400. The summed E-state index contributed by atoms with van der Waals surface area (Å²) >= 11 is 0. The molecule has 1 atom stereocenters. The summed E-state index contributed by atoms with van der Waals surface area (Å²) in [5.41, 5.74) is 7.35. The molecule has 6 heteroatoms. The summed E-state index contributed by atoms with van der Waals surface area (Å²) in [6.07, 6.45) is 3.11. The van der Waals surface area contributed by atoms with E-state index in [9.17, 15) is 4.79 Å². The molecule has 1 fully saturated rings. The molecule has 0 unspecified atom stereocenters. The minimum atomic E-state index is -0.977. The predicted octanol–water partition coefficient (Wildman–Crippen LogP) is 0.510. The van der Waals surface area contributed by atoms with Gasteiger partial charge in [-0.15, -0.1) is 0 Å². The van der Waals surface area contributed by atoms with Crippen molar-refractivity contribution in [1.29, 1.82) is 0 Å². The Bertz CT molecular complexity index is 396. The molecular weight excluding hydrogens is 208 g/mol. The zero-order chi connectivity index (χ0) is 11.5. The Labute approximate surface area is 93.1 Å². The van der Waals surface area contributed by atoms with Crippen LogP contribution in [0.1, 0.15) is 6.42 Å². The largest absolute Gasteiger partial charge is 0.465 e. The molecule has 4 N–H and O–H groups in total. The minimum Gasteiger partial charge on any atom is -0.465 e. The smallest absolute Gasteiger partial charge is 0.404 e. The van der Waals surface area contributed by atoms with E-state index in [-0.39, 0.29) is 6.04 Å². The molecule has 1 aromatic heterocycles. The second-order valence-corrected chi connectivity index (χ2v) is 3.82. The van der Waals surface area contributed by atoms with E-state index >= 15 is 0 Å². The Morgan fingerprint density at radius 1 is 1.69 bits per heavy atom. The number of hydrogen-bond acceptors (Lipinski definition) is 4. The van der Waals surface area contributed by atoms with Gasteiger partial charge < -0.3 is 21.1 Å². The van der Waals surface area contributed by atoms with E-state index in [0.29, 0.717) is 12.2 Å². The fourth-order valence-electron chi connectivity index (χ4n) is 1.96. The molecule has 1 aliphatic rings. The molecule has 1 amide bonds. The third kappa shape index (κ3) is 2.16. The van der Waals surface area contributed by atoms with Gasteiger partial charge in [0, 0.05) is 19.3 Å². The van der Waals surface area contributed by atoms with Crippen molar-refractivity contribution in [1.82, 2.24) is 10.3 Å². The van der Waals surface area contributed by atoms with Gasteiger partial charge in [-0.1, -0.05) is 0 Å². The normalized spacial score (nSPS) is 19.8. The Hall–Kier alpha value is -1.98. The maximum atomic E-state index is 10.5. The van der Waals surface area contributed by atoms with Crippen LogP contribution < -0.4 is 16.0 Å². The molecule has 86 valence electrons. The lowest BCUT2D eigenvalue weighted by molar-refractivity contribution is 0.191. The number of carbonyl (C=O) groups is 1. The number of nitrogens with zero attached hydrogens (tertiary/aromatic N) is 2. The summed E-state index contributed by atoms with van der Waals surface area (Å²) in [5, 5.41) is 11.1. The van der Waals surface area contributed by atoms with Crippen LogP contribution >= 0.6 is 0 Å². The Balaban J connectivity index is 2.04. The van der Waals surface area contributed by atoms with Gasteiger partial charge in [0.15, 0.2) is 0 Å². The maximum Gasteiger partial charge on any atom is 0.404 e. The highest BCUT2D eigenvalue weighted by Gasteiger charge is 2.24. The van der Waals surface area contributed by atoms with Gasteiger partial charge in [-0.3, -0.25) is 4.98 Å². The zero-order valence-corrected chi connectivity index (χ0v) is 8.76. The van der Waals surface area contributed by atoms with Gasteiger partial charge in [0.2, 0.25) is 0 Å². The summed E-state index contributed by atoms with van der Waals surface area (Å²) in [5.74, 6) is 0. The number of nitrogen functional groups attached to an aromatic ring is 1. The molecule has 0 bridgehead atoms. The topological polar surface area (TPSA) is 91.5 Å². The van der Waals surface area contributed by atoms with Crippen LogP contribution in [0.5, 0.6) is 0 Å². The second-order valence-electron chi connectivity index (χ2n) is 3.82. The van der Waals surface area contributed by atoms with Crippen LogP contribution in [-0.4, -0.2) is 35.3 Å². The number of amides is 1. The van der Waals surface area contributed by atoms with Gasteiger partial charge in [-0.2, -0.15) is 0 Å². The second kappa shape index (κ2) is 4.26. The summed E-state index contributed by atoms with van der Waals surface area (Å²) in [7, 11) is 0. The molecule has 1 aromatic rings. The molecule has 6 nitrogen and oxygen atoms in total. The lowest BCUT2D eigenvalue weighted by atomic mass is 10.3. The molecule has 1 aliphatic heterocycles. The molecular formula is C10H14N4O2. The van der Waals surface area contributed by atoms with Gasteiger partial charge >= 0.3 is 6.09 Å². The quantitative estimate of drug-likeness (QED) is 0.678. The van der Waals surface area contributed by atoms with Crippen LogP contribution in [-0.2, 0) is 0 Å². The van der Waals surface area contributed by atoms with Crippen molar-refractivity contribution in [3.8, 4) is 0 Å². The first-order chi connectivity index (χ1) is 7.66. The monoisotopic (exact) mass is 222 g/mol. The lowest BCUT2D eigenvalue weighted by Gasteiger charge is -2.19. The van der Waals surface area contributed by atoms with Gasteiger partial charge in [-0.05, 0) is 12.5 Å². The Kier molecular flexibility index (Phi) is 2.80. The first-order valence-corrected chi connectivity index (χ1v) is 5.10. The van der Waals surface area contributed by atoms with Gasteiger partial charge in [0.05, 0.1) is 23.6 Å². The minimum absolute atomic E-state index is 0.0231. The van der Waals surface area contributed by atoms with E-state index in [0.717, 1.165) is 18.7 Å². The number of rotatable bonds is 2. The first-order valence-electron chi connectivity index (χ1n) is 5.10. The van der Waals surface area contributed by atoms with E-state index in [4.69, 9.17) is 10.8 Å². The summed E-state index contributed by atoms with van der Waals surface area (Å²) < 4.78 is 0. The van der Waals surface area contributed by atoms with Crippen molar-refractivity contribution < 1.29 is 9.90 Å². The molecule has 0 aliphatic carbocycles. The molecule has 2 rings (SSSR count). The van der Waals surface area contributed by atoms with Crippen LogP contribution in [0.4, 0.5) is 16.2 Å². The summed E-state index contributed by atoms with van der Waals surface area (Å²) in [4.78, 5) is 16.5. The number of nitrogens with two attached hydrogens (primary N) is 1. The van der Waals surface area contributed by atoms with Crippen LogP contribution in [0.15, 0.2) is 18.5 Å². The van der Waals surface area contributed by atoms with E-state index in [1.807, 2.05) is 6.07 Å². The molecule has 16 heavy (non-hydrogen) atoms. The third-order valence-corrected chi connectivity index (χ3v) is 2.68. The molecule has 2 heterocycles. The number of anilines is 2. The van der Waals surface area contributed by atoms with E-state index in [2.05, 4.69) is 15.2 Å². The van der Waals surface area contributed by atoms with Gasteiger partial charge in [0.25, 0.3) is 0 Å². The van der Waals surface area contributed by atoms with Crippen molar-refractivity contribution in [3.63, 3.8) is 0 Å². The number of pyridine rings is 1.